The van der Waals surface area contributed by atoms with Gasteiger partial charge in [0.25, 0.3) is 0 Å². The Hall–Kier alpha value is -3.35. The van der Waals surface area contributed by atoms with Crippen molar-refractivity contribution in [3.05, 3.63) is 106 Å². The summed E-state index contributed by atoms with van der Waals surface area (Å²) in [6.07, 6.45) is 3.11. The van der Waals surface area contributed by atoms with Gasteiger partial charge in [-0.15, -0.1) is 0 Å². The molecule has 2 fully saturated rings. The number of anilines is 2. The number of aryl methyl sites for hydroxylation is 2. The van der Waals surface area contributed by atoms with E-state index in [2.05, 4.69) is 109 Å². The van der Waals surface area contributed by atoms with E-state index in [9.17, 15) is 0 Å². The number of benzene rings is 2. The minimum Gasteiger partial charge on any atom is -0.370 e. The first-order chi connectivity index (χ1) is 19.7. The molecule has 0 amide bonds. The van der Waals surface area contributed by atoms with Gasteiger partial charge >= 0.3 is 0 Å². The minimum atomic E-state index is -0.113. The van der Waals surface area contributed by atoms with Crippen LogP contribution in [0.5, 0.6) is 0 Å². The summed E-state index contributed by atoms with van der Waals surface area (Å²) >= 11 is 13.1. The second-order valence-electron chi connectivity index (χ2n) is 12.0. The lowest BCUT2D eigenvalue weighted by Crippen LogP contribution is -2.38. The Balaban J connectivity index is 1.44. The van der Waals surface area contributed by atoms with E-state index in [1.807, 2.05) is 18.3 Å². The van der Waals surface area contributed by atoms with Gasteiger partial charge in [0.15, 0.2) is 5.11 Å². The molecule has 212 valence electrons. The molecular weight excluding hydrogens is 546 g/mol. The van der Waals surface area contributed by atoms with Gasteiger partial charge in [-0.3, -0.25) is 4.98 Å². The first kappa shape index (κ1) is 27.8. The second kappa shape index (κ2) is 11.1. The first-order valence-corrected chi connectivity index (χ1v) is 15.3. The van der Waals surface area contributed by atoms with E-state index >= 15 is 0 Å². The third kappa shape index (κ3) is 5.24. The lowest BCUT2D eigenvalue weighted by molar-refractivity contribution is 0.357. The number of nitrogens with one attached hydrogen (secondary N) is 1. The Kier molecular flexibility index (Phi) is 7.56. The molecule has 2 aliphatic rings. The highest BCUT2D eigenvalue weighted by atomic mass is 35.5. The molecular formula is C34H38ClN5S. The normalized spacial score (nSPS) is 22.7. The van der Waals surface area contributed by atoms with Crippen LogP contribution in [0.4, 0.5) is 11.4 Å². The highest BCUT2D eigenvalue weighted by Crippen LogP contribution is 2.45. The molecule has 5 nitrogen and oxygen atoms in total. The van der Waals surface area contributed by atoms with Crippen LogP contribution in [-0.4, -0.2) is 27.8 Å². The fourth-order valence-corrected chi connectivity index (χ4v) is 7.53. The predicted octanol–water partition coefficient (Wildman–Crippen LogP) is 8.11. The molecule has 2 saturated heterocycles. The molecule has 4 atom stereocenters. The van der Waals surface area contributed by atoms with Gasteiger partial charge in [-0.05, 0) is 105 Å². The van der Waals surface area contributed by atoms with E-state index in [1.165, 1.54) is 28.9 Å². The van der Waals surface area contributed by atoms with E-state index in [-0.39, 0.29) is 12.1 Å². The molecule has 0 aliphatic carbocycles. The van der Waals surface area contributed by atoms with Crippen LogP contribution in [0.3, 0.4) is 0 Å². The summed E-state index contributed by atoms with van der Waals surface area (Å²) in [5, 5.41) is 5.05. The highest BCUT2D eigenvalue weighted by molar-refractivity contribution is 7.80. The lowest BCUT2D eigenvalue weighted by Gasteiger charge is -2.37. The van der Waals surface area contributed by atoms with Gasteiger partial charge < -0.3 is 19.7 Å². The van der Waals surface area contributed by atoms with Crippen LogP contribution in [0.25, 0.3) is 5.69 Å². The van der Waals surface area contributed by atoms with E-state index in [0.29, 0.717) is 16.9 Å². The quantitative estimate of drug-likeness (QED) is 0.240. The minimum absolute atomic E-state index is 0.0975. The van der Waals surface area contributed by atoms with Gasteiger partial charge in [0.05, 0.1) is 28.5 Å². The molecule has 0 saturated carbocycles. The van der Waals surface area contributed by atoms with Gasteiger partial charge in [0, 0.05) is 42.0 Å². The molecule has 1 N–H and O–H groups in total. The maximum atomic E-state index is 7.04. The molecule has 2 aliphatic heterocycles. The summed E-state index contributed by atoms with van der Waals surface area (Å²) in [6, 6.07) is 23.3. The van der Waals surface area contributed by atoms with Crippen molar-refractivity contribution in [3.8, 4) is 5.69 Å². The smallest absolute Gasteiger partial charge is 0.174 e. The fourth-order valence-electron chi connectivity index (χ4n) is 6.89. The van der Waals surface area contributed by atoms with Gasteiger partial charge in [0.2, 0.25) is 0 Å². The average Bonchev–Trinajstić information content (AvgIpc) is 3.44. The Bertz CT molecular complexity index is 1550. The summed E-state index contributed by atoms with van der Waals surface area (Å²) in [5.74, 6) is 1.30. The third-order valence-corrected chi connectivity index (χ3v) is 9.22. The van der Waals surface area contributed by atoms with Gasteiger partial charge in [-0.2, -0.15) is 0 Å². The number of aromatic nitrogens is 2. The van der Waals surface area contributed by atoms with Crippen molar-refractivity contribution in [3.63, 3.8) is 0 Å². The lowest BCUT2D eigenvalue weighted by atomic mass is 9.91. The summed E-state index contributed by atoms with van der Waals surface area (Å²) in [4.78, 5) is 9.41. The average molecular weight is 584 g/mol. The van der Waals surface area contributed by atoms with Gasteiger partial charge in [-0.1, -0.05) is 49.2 Å². The van der Waals surface area contributed by atoms with Crippen LogP contribution in [0.2, 0.25) is 5.02 Å². The fraction of sp³-hybridized carbons (Fsp3) is 0.353. The Morgan fingerprint density at radius 2 is 1.61 bits per heavy atom. The predicted molar refractivity (Wildman–Crippen MR) is 175 cm³/mol. The van der Waals surface area contributed by atoms with Crippen LogP contribution < -0.4 is 15.1 Å². The maximum absolute atomic E-state index is 7.04. The van der Waals surface area contributed by atoms with Crippen LogP contribution >= 0.6 is 23.8 Å². The molecule has 4 heterocycles. The molecule has 6 rings (SSSR count). The van der Waals surface area contributed by atoms with E-state index in [0.717, 1.165) is 40.9 Å². The van der Waals surface area contributed by atoms with Crippen molar-refractivity contribution in [2.75, 3.05) is 22.9 Å². The van der Waals surface area contributed by atoms with E-state index in [4.69, 9.17) is 28.8 Å². The number of hydrogen-bond donors (Lipinski definition) is 1. The van der Waals surface area contributed by atoms with Crippen LogP contribution in [-0.2, 0) is 0 Å². The number of hydrogen-bond acceptors (Lipinski definition) is 3. The molecule has 0 spiro atoms. The van der Waals surface area contributed by atoms with Gasteiger partial charge in [-0.25, -0.2) is 0 Å². The first-order valence-electron chi connectivity index (χ1n) is 14.5. The van der Waals surface area contributed by atoms with Crippen LogP contribution in [0.15, 0.2) is 72.9 Å². The van der Waals surface area contributed by atoms with Crippen molar-refractivity contribution >= 4 is 40.3 Å². The van der Waals surface area contributed by atoms with Crippen molar-refractivity contribution < 1.29 is 0 Å². The zero-order valence-corrected chi connectivity index (χ0v) is 26.0. The zero-order valence-electron chi connectivity index (χ0n) is 24.4. The summed E-state index contributed by atoms with van der Waals surface area (Å²) < 4.78 is 2.33. The molecule has 7 heteroatoms. The Labute approximate surface area is 254 Å². The maximum Gasteiger partial charge on any atom is 0.174 e. The number of piperidine rings is 1. The van der Waals surface area contributed by atoms with Crippen molar-refractivity contribution in [1.82, 2.24) is 14.9 Å². The van der Waals surface area contributed by atoms with Crippen LogP contribution in [0.1, 0.15) is 60.6 Å². The molecule has 0 bridgehead atoms. The number of nitrogens with zero attached hydrogens (tertiary/aromatic N) is 4. The number of pyridine rings is 1. The number of thiocarbonyl (C=S) groups is 1. The number of rotatable bonds is 5. The van der Waals surface area contributed by atoms with Crippen LogP contribution in [0, 0.1) is 32.6 Å². The Morgan fingerprint density at radius 1 is 0.902 bits per heavy atom. The second-order valence-corrected chi connectivity index (χ2v) is 12.8. The largest absolute Gasteiger partial charge is 0.370 e. The molecule has 2 aromatic heterocycles. The molecule has 0 unspecified atom stereocenters. The standard InChI is InChI=1S/C34H38ClN5S/c1-21-9-11-26(12-10-21)39-24(4)17-28(25(39)5)33-32(30-8-6-7-15-36-30)37-34(41)40(33)27-13-14-31(29(35)18-27)38-19-22(2)16-23(3)20-38/h6-15,17-18,22-23,32-33H,16,19-20H2,1-5H3,(H,37,41)/t22-,23+,32-,33+/m0/s1. The van der Waals surface area contributed by atoms with Gasteiger partial charge in [0.1, 0.15) is 0 Å². The molecule has 41 heavy (non-hydrogen) atoms. The third-order valence-electron chi connectivity index (χ3n) is 8.60. The molecule has 2 aromatic carbocycles. The van der Waals surface area contributed by atoms with E-state index in [1.54, 1.807) is 0 Å². The SMILES string of the molecule is Cc1ccc(-n2c(C)cc([C@@H]3[C@H](c4ccccn4)NC(=S)N3c3ccc(N4C[C@H](C)C[C@H](C)C4)c(Cl)c3)c2C)cc1. The monoisotopic (exact) mass is 583 g/mol. The van der Waals surface area contributed by atoms with Crippen molar-refractivity contribution in [1.29, 1.82) is 0 Å². The Morgan fingerprint density at radius 3 is 2.27 bits per heavy atom. The number of halogens is 1. The molecule has 4 aromatic rings. The molecule has 0 radical (unpaired) electrons. The summed E-state index contributed by atoms with van der Waals surface area (Å²) in [6.45, 7) is 13.2. The summed E-state index contributed by atoms with van der Waals surface area (Å²) in [5.41, 5.74) is 9.03. The van der Waals surface area contributed by atoms with Crippen molar-refractivity contribution in [2.45, 2.75) is 53.1 Å². The zero-order chi connectivity index (χ0) is 28.8. The van der Waals surface area contributed by atoms with E-state index < -0.39 is 0 Å². The van der Waals surface area contributed by atoms with Crippen molar-refractivity contribution in [2.24, 2.45) is 11.8 Å². The summed E-state index contributed by atoms with van der Waals surface area (Å²) in [7, 11) is 0. The highest BCUT2D eigenvalue weighted by Gasteiger charge is 2.42. The topological polar surface area (TPSA) is 36.3 Å².